The lowest BCUT2D eigenvalue weighted by Crippen LogP contribution is -2.43. The Morgan fingerprint density at radius 1 is 1.19 bits per heavy atom. The van der Waals surface area contributed by atoms with E-state index in [4.69, 9.17) is 15.7 Å². The van der Waals surface area contributed by atoms with E-state index in [9.17, 15) is 9.59 Å². The Kier molecular flexibility index (Phi) is 6.19. The van der Waals surface area contributed by atoms with E-state index in [1.165, 1.54) is 32.4 Å². The molecule has 1 aliphatic heterocycles. The van der Waals surface area contributed by atoms with Crippen LogP contribution in [0.4, 0.5) is 10.2 Å². The molecule has 0 radical (unpaired) electrons. The van der Waals surface area contributed by atoms with Gasteiger partial charge in [-0.3, -0.25) is 13.9 Å². The largest absolute Gasteiger partial charge is 0.457 e. The van der Waals surface area contributed by atoms with Gasteiger partial charge in [0.05, 0.1) is 17.2 Å². The van der Waals surface area contributed by atoms with E-state index in [0.717, 1.165) is 0 Å². The van der Waals surface area contributed by atoms with Crippen LogP contribution >= 0.6 is 0 Å². The first-order valence-electron chi connectivity index (χ1n) is 11.7. The van der Waals surface area contributed by atoms with E-state index in [1.807, 2.05) is 6.07 Å². The van der Waals surface area contributed by atoms with Crippen molar-refractivity contribution < 1.29 is 13.9 Å². The average molecular weight is 499 g/mol. The Morgan fingerprint density at radius 2 is 1.97 bits per heavy atom. The maximum Gasteiger partial charge on any atom is 0.334 e. The van der Waals surface area contributed by atoms with E-state index in [0.29, 0.717) is 30.7 Å². The lowest BCUT2D eigenvalue weighted by atomic mass is 10.0. The second kappa shape index (κ2) is 9.62. The number of nitrogens with two attached hydrogens (primary N) is 1. The molecule has 2 aromatic heterocycles. The number of para-hydroxylation sites is 1. The number of nitrogens with zero attached hydrogens (tertiary/aromatic N) is 5. The summed E-state index contributed by atoms with van der Waals surface area (Å²) in [5.74, 6) is -0.255. The average Bonchev–Trinajstić information content (AvgIpc) is 3.21. The summed E-state index contributed by atoms with van der Waals surface area (Å²) in [6.07, 6.45) is 2.71. The van der Waals surface area contributed by atoms with E-state index >= 15 is 4.39 Å². The molecule has 10 heteroatoms. The number of carbonyl (C=O) groups excluding carboxylic acids is 1. The molecule has 2 N–H and O–H groups in total. The van der Waals surface area contributed by atoms with E-state index in [2.05, 4.69) is 11.6 Å². The molecular weight excluding hydrogens is 475 g/mol. The van der Waals surface area contributed by atoms with Gasteiger partial charge in [0.15, 0.2) is 5.82 Å². The zero-order valence-corrected chi connectivity index (χ0v) is 19.8. The molecule has 1 saturated heterocycles. The van der Waals surface area contributed by atoms with Crippen LogP contribution in [0, 0.1) is 17.1 Å². The minimum atomic E-state index is -0.677. The summed E-state index contributed by atoms with van der Waals surface area (Å²) in [7, 11) is 0. The van der Waals surface area contributed by atoms with Crippen LogP contribution in [0.25, 0.3) is 16.7 Å². The fraction of sp³-hybridized carbons (Fsp3) is 0.185. The Labute approximate surface area is 211 Å². The van der Waals surface area contributed by atoms with Gasteiger partial charge in [-0.25, -0.2) is 14.2 Å². The number of anilines is 1. The molecule has 0 bridgehead atoms. The molecule has 9 nitrogen and oxygen atoms in total. The molecule has 0 aliphatic carbocycles. The summed E-state index contributed by atoms with van der Waals surface area (Å²) in [5, 5.41) is 9.07. The number of hydrogen-bond acceptors (Lipinski definition) is 6. The molecule has 1 atom stereocenters. The van der Waals surface area contributed by atoms with Crippen LogP contribution in [0.3, 0.4) is 0 Å². The lowest BCUT2D eigenvalue weighted by Gasteiger charge is -2.33. The summed E-state index contributed by atoms with van der Waals surface area (Å²) in [6.45, 7) is 4.16. The van der Waals surface area contributed by atoms with Crippen LogP contribution in [-0.2, 0) is 4.79 Å². The van der Waals surface area contributed by atoms with Crippen LogP contribution in [0.15, 0.2) is 77.7 Å². The summed E-state index contributed by atoms with van der Waals surface area (Å²) in [4.78, 5) is 32.0. The minimum Gasteiger partial charge on any atom is -0.457 e. The van der Waals surface area contributed by atoms with Crippen LogP contribution in [0.5, 0.6) is 11.5 Å². The number of likely N-dealkylation sites (tertiary alicyclic amines) is 1. The molecule has 1 fully saturated rings. The number of imidazole rings is 1. The van der Waals surface area contributed by atoms with Crippen molar-refractivity contribution in [2.75, 3.05) is 18.8 Å². The number of hydrogen-bond donors (Lipinski definition) is 1. The molecule has 0 saturated carbocycles. The van der Waals surface area contributed by atoms with Crippen molar-refractivity contribution in [3.8, 4) is 23.3 Å². The van der Waals surface area contributed by atoms with Gasteiger partial charge in [0.2, 0.25) is 0 Å². The van der Waals surface area contributed by atoms with Gasteiger partial charge < -0.3 is 15.4 Å². The van der Waals surface area contributed by atoms with E-state index in [1.54, 1.807) is 42.5 Å². The van der Waals surface area contributed by atoms with Crippen LogP contribution in [-0.4, -0.2) is 38.0 Å². The Balaban J connectivity index is 1.58. The highest BCUT2D eigenvalue weighted by Gasteiger charge is 2.30. The number of amides is 1. The van der Waals surface area contributed by atoms with Gasteiger partial charge in [-0.05, 0) is 43.2 Å². The highest BCUT2D eigenvalue weighted by molar-refractivity contribution is 5.96. The fourth-order valence-corrected chi connectivity index (χ4v) is 4.71. The summed E-state index contributed by atoms with van der Waals surface area (Å²) in [6, 6.07) is 16.2. The van der Waals surface area contributed by atoms with Crippen LogP contribution in [0.2, 0.25) is 0 Å². The van der Waals surface area contributed by atoms with Gasteiger partial charge in [-0.1, -0.05) is 24.8 Å². The van der Waals surface area contributed by atoms with E-state index < -0.39 is 23.5 Å². The second-order valence-corrected chi connectivity index (χ2v) is 8.72. The number of aromatic nitrogens is 3. The zero-order chi connectivity index (χ0) is 26.1. The maximum atomic E-state index is 15.4. The van der Waals surface area contributed by atoms with Gasteiger partial charge >= 0.3 is 5.69 Å². The van der Waals surface area contributed by atoms with Crippen molar-refractivity contribution >= 4 is 22.8 Å². The molecule has 37 heavy (non-hydrogen) atoms. The molecule has 3 heterocycles. The van der Waals surface area contributed by atoms with Gasteiger partial charge in [0.25, 0.3) is 5.91 Å². The number of nitriles is 1. The summed E-state index contributed by atoms with van der Waals surface area (Å²) < 4.78 is 23.9. The van der Waals surface area contributed by atoms with Gasteiger partial charge in [-0.2, -0.15) is 5.26 Å². The van der Waals surface area contributed by atoms with Crippen molar-refractivity contribution in [2.45, 2.75) is 18.9 Å². The first-order chi connectivity index (χ1) is 17.9. The number of ether oxygens (including phenoxy) is 1. The molecule has 0 unspecified atom stereocenters. The SMILES string of the molecule is C=C(C#N)C(=O)N1CCC[C@@H](n2c(=O)n(-c3ccc(Oc4ccccc4)cc3F)c3c(N)nccc32)C1. The number of fused-ring (bicyclic) bond motifs is 1. The number of carbonyl (C=O) groups is 1. The number of nitrogen functional groups attached to an aromatic ring is 1. The molecule has 186 valence electrons. The lowest BCUT2D eigenvalue weighted by molar-refractivity contribution is -0.128. The normalized spacial score (nSPS) is 15.4. The predicted molar refractivity (Wildman–Crippen MR) is 136 cm³/mol. The monoisotopic (exact) mass is 498 g/mol. The Hall–Kier alpha value is -4.91. The molecular formula is C27H23FN6O3. The Morgan fingerprint density at radius 3 is 2.70 bits per heavy atom. The fourth-order valence-electron chi connectivity index (χ4n) is 4.71. The molecule has 5 rings (SSSR count). The van der Waals surface area contributed by atoms with Crippen molar-refractivity contribution in [1.29, 1.82) is 5.26 Å². The quantitative estimate of drug-likeness (QED) is 0.329. The van der Waals surface area contributed by atoms with Crippen molar-refractivity contribution in [1.82, 2.24) is 19.0 Å². The third-order valence-electron chi connectivity index (χ3n) is 6.39. The van der Waals surface area contributed by atoms with Crippen molar-refractivity contribution in [2.24, 2.45) is 0 Å². The summed E-state index contributed by atoms with van der Waals surface area (Å²) >= 11 is 0. The third kappa shape index (κ3) is 4.31. The highest BCUT2D eigenvalue weighted by Crippen LogP contribution is 2.31. The number of benzene rings is 2. The molecule has 4 aromatic rings. The Bertz CT molecular complexity index is 1620. The molecule has 1 aliphatic rings. The van der Waals surface area contributed by atoms with Gasteiger partial charge in [0.1, 0.15) is 34.5 Å². The smallest absolute Gasteiger partial charge is 0.334 e. The number of rotatable bonds is 5. The predicted octanol–water partition coefficient (Wildman–Crippen LogP) is 3.94. The molecule has 0 spiro atoms. The number of pyridine rings is 1. The standard InChI is InChI=1S/C27H23FN6O3/c1-17(15-29)26(35)32-13-5-6-18(16-32)33-23-11-12-31-25(30)24(23)34(27(33)36)22-10-9-20(14-21(22)28)37-19-7-3-2-4-8-19/h2-4,7-12,14,18H,1,5-6,13,16H2,(H2,30,31)/t18-/m1/s1. The van der Waals surface area contributed by atoms with Gasteiger partial charge in [0, 0.05) is 25.4 Å². The first kappa shape index (κ1) is 23.8. The minimum absolute atomic E-state index is 0.00420. The van der Waals surface area contributed by atoms with Crippen LogP contribution in [0.1, 0.15) is 18.9 Å². The summed E-state index contributed by atoms with van der Waals surface area (Å²) in [5.41, 5.74) is 6.24. The number of piperidine rings is 1. The third-order valence-corrected chi connectivity index (χ3v) is 6.39. The van der Waals surface area contributed by atoms with E-state index in [-0.39, 0.29) is 34.9 Å². The zero-order valence-electron chi connectivity index (χ0n) is 19.8. The maximum absolute atomic E-state index is 15.4. The van der Waals surface area contributed by atoms with Crippen molar-refractivity contribution in [3.05, 3.63) is 89.2 Å². The molecule has 1 amide bonds. The van der Waals surface area contributed by atoms with Gasteiger partial charge in [-0.15, -0.1) is 0 Å². The molecule has 2 aromatic carbocycles. The highest BCUT2D eigenvalue weighted by atomic mass is 19.1. The number of halogens is 1. The van der Waals surface area contributed by atoms with Crippen molar-refractivity contribution in [3.63, 3.8) is 0 Å². The van der Waals surface area contributed by atoms with Crippen LogP contribution < -0.4 is 16.2 Å². The second-order valence-electron chi connectivity index (χ2n) is 8.72. The first-order valence-corrected chi connectivity index (χ1v) is 11.7. The topological polar surface area (TPSA) is 119 Å².